The molecule has 0 aliphatic heterocycles. The van der Waals surface area contributed by atoms with Crippen molar-refractivity contribution in [2.75, 3.05) is 5.32 Å². The van der Waals surface area contributed by atoms with Crippen LogP contribution in [0.4, 0.5) is 11.5 Å². The summed E-state index contributed by atoms with van der Waals surface area (Å²) in [5.41, 5.74) is 6.41. The number of benzene rings is 1. The number of aromatic amines is 1. The van der Waals surface area contributed by atoms with Gasteiger partial charge in [-0.1, -0.05) is 30.4 Å². The van der Waals surface area contributed by atoms with Crippen LogP contribution in [0.3, 0.4) is 0 Å². The average molecular weight is 218 g/mol. The summed E-state index contributed by atoms with van der Waals surface area (Å²) in [6.07, 6.45) is 1.65. The third-order valence-corrected chi connectivity index (χ3v) is 2.06. The number of rotatable bonds is 3. The van der Waals surface area contributed by atoms with Gasteiger partial charge in [-0.2, -0.15) is 0 Å². The maximum atomic E-state index is 5.43. The smallest absolute Gasteiger partial charge is 0.166 e. The molecule has 0 bridgehead atoms. The first-order valence-electron chi connectivity index (χ1n) is 4.42. The van der Waals surface area contributed by atoms with Crippen LogP contribution >= 0.6 is 12.2 Å². The van der Waals surface area contributed by atoms with Crippen LogP contribution in [-0.2, 0) is 0 Å². The molecule has 0 amide bonds. The standard InChI is InChI=1S/C10H10N4S/c11-9(15)10-12-6-8(14-10)13-7-4-2-1-3-5-7/h1-6,13H,(H2,11,15)(H,12,14). The highest BCUT2D eigenvalue weighted by Crippen LogP contribution is 2.13. The predicted octanol–water partition coefficient (Wildman–Crippen LogP) is 1.79. The van der Waals surface area contributed by atoms with Crippen LogP contribution in [0.25, 0.3) is 0 Å². The Morgan fingerprint density at radius 1 is 1.33 bits per heavy atom. The Bertz CT molecular complexity index is 463. The Balaban J connectivity index is 2.15. The van der Waals surface area contributed by atoms with E-state index in [0.29, 0.717) is 5.82 Å². The second-order valence-electron chi connectivity index (χ2n) is 3.00. The van der Waals surface area contributed by atoms with Gasteiger partial charge in [0.15, 0.2) is 5.82 Å². The first-order valence-corrected chi connectivity index (χ1v) is 4.83. The van der Waals surface area contributed by atoms with E-state index >= 15 is 0 Å². The number of hydrogen-bond donors (Lipinski definition) is 3. The monoisotopic (exact) mass is 218 g/mol. The number of nitrogens with zero attached hydrogens (tertiary/aromatic N) is 1. The Morgan fingerprint density at radius 3 is 2.67 bits per heavy atom. The molecule has 2 aromatic rings. The van der Waals surface area contributed by atoms with Gasteiger partial charge >= 0.3 is 0 Å². The normalized spacial score (nSPS) is 9.87. The van der Waals surface area contributed by atoms with Gasteiger partial charge in [-0.3, -0.25) is 0 Å². The van der Waals surface area contributed by atoms with Crippen LogP contribution in [-0.4, -0.2) is 15.0 Å². The SMILES string of the molecule is NC(=S)c1ncc(Nc2ccccc2)[nH]1. The van der Waals surface area contributed by atoms with Crippen molar-refractivity contribution >= 4 is 28.7 Å². The van der Waals surface area contributed by atoms with Crippen molar-refractivity contribution in [1.29, 1.82) is 0 Å². The van der Waals surface area contributed by atoms with Gasteiger partial charge in [0.1, 0.15) is 10.8 Å². The summed E-state index contributed by atoms with van der Waals surface area (Å²) in [7, 11) is 0. The Hall–Kier alpha value is -1.88. The molecule has 0 saturated heterocycles. The molecule has 0 spiro atoms. The second-order valence-corrected chi connectivity index (χ2v) is 3.44. The first kappa shape index (κ1) is 9.67. The molecule has 0 radical (unpaired) electrons. The van der Waals surface area contributed by atoms with Gasteiger partial charge in [0, 0.05) is 5.69 Å². The van der Waals surface area contributed by atoms with Gasteiger partial charge in [-0.05, 0) is 12.1 Å². The lowest BCUT2D eigenvalue weighted by molar-refractivity contribution is 1.26. The van der Waals surface area contributed by atoms with Crippen molar-refractivity contribution in [2.24, 2.45) is 5.73 Å². The fourth-order valence-electron chi connectivity index (χ4n) is 1.19. The molecule has 1 heterocycles. The lowest BCUT2D eigenvalue weighted by Crippen LogP contribution is -2.11. The number of hydrogen-bond acceptors (Lipinski definition) is 3. The summed E-state index contributed by atoms with van der Waals surface area (Å²) in [4.78, 5) is 7.26. The number of nitrogens with one attached hydrogen (secondary N) is 2. The molecule has 1 aromatic heterocycles. The molecule has 76 valence electrons. The molecule has 4 nitrogen and oxygen atoms in total. The van der Waals surface area contributed by atoms with Crippen LogP contribution in [0.15, 0.2) is 36.5 Å². The lowest BCUT2D eigenvalue weighted by atomic mass is 10.3. The van der Waals surface area contributed by atoms with Crippen molar-refractivity contribution < 1.29 is 0 Å². The molecule has 2 rings (SSSR count). The van der Waals surface area contributed by atoms with E-state index in [0.717, 1.165) is 11.5 Å². The minimum absolute atomic E-state index is 0.260. The first-order chi connectivity index (χ1) is 7.25. The Labute approximate surface area is 92.5 Å². The summed E-state index contributed by atoms with van der Waals surface area (Å²) < 4.78 is 0. The molecule has 0 atom stereocenters. The topological polar surface area (TPSA) is 66.7 Å². The number of aromatic nitrogens is 2. The fourth-order valence-corrected chi connectivity index (χ4v) is 1.29. The fraction of sp³-hybridized carbons (Fsp3) is 0. The molecule has 0 saturated carbocycles. The number of H-pyrrole nitrogens is 1. The molecular weight excluding hydrogens is 208 g/mol. The van der Waals surface area contributed by atoms with Gasteiger partial charge in [0.25, 0.3) is 0 Å². The molecular formula is C10H10N4S. The number of thiocarbonyl (C=S) groups is 1. The van der Waals surface area contributed by atoms with Gasteiger partial charge < -0.3 is 16.0 Å². The summed E-state index contributed by atoms with van der Waals surface area (Å²) in [6, 6.07) is 9.78. The third kappa shape index (κ3) is 2.32. The van der Waals surface area contributed by atoms with Crippen molar-refractivity contribution in [3.05, 3.63) is 42.4 Å². The van der Waals surface area contributed by atoms with E-state index < -0.39 is 0 Å². The highest BCUT2D eigenvalue weighted by Gasteiger charge is 2.02. The van der Waals surface area contributed by atoms with E-state index in [-0.39, 0.29) is 4.99 Å². The number of imidazole rings is 1. The van der Waals surface area contributed by atoms with Gasteiger partial charge in [0.05, 0.1) is 6.20 Å². The van der Waals surface area contributed by atoms with Gasteiger partial charge in [0.2, 0.25) is 0 Å². The van der Waals surface area contributed by atoms with E-state index in [9.17, 15) is 0 Å². The van der Waals surface area contributed by atoms with E-state index in [1.807, 2.05) is 30.3 Å². The second kappa shape index (κ2) is 4.10. The van der Waals surface area contributed by atoms with Gasteiger partial charge in [-0.15, -0.1) is 0 Å². The summed E-state index contributed by atoms with van der Waals surface area (Å²) in [5, 5.41) is 3.15. The van der Waals surface area contributed by atoms with Crippen molar-refractivity contribution in [1.82, 2.24) is 9.97 Å². The summed E-state index contributed by atoms with van der Waals surface area (Å²) in [6.45, 7) is 0. The Morgan fingerprint density at radius 2 is 2.07 bits per heavy atom. The molecule has 0 unspecified atom stereocenters. The van der Waals surface area contributed by atoms with E-state index in [1.165, 1.54) is 0 Å². The highest BCUT2D eigenvalue weighted by atomic mass is 32.1. The molecule has 4 N–H and O–H groups in total. The summed E-state index contributed by atoms with van der Waals surface area (Å²) in [5.74, 6) is 1.28. The molecule has 0 fully saturated rings. The van der Waals surface area contributed by atoms with E-state index in [4.69, 9.17) is 18.0 Å². The largest absolute Gasteiger partial charge is 0.387 e. The van der Waals surface area contributed by atoms with Crippen molar-refractivity contribution in [3.63, 3.8) is 0 Å². The number of nitrogens with two attached hydrogens (primary N) is 1. The Kier molecular flexibility index (Phi) is 2.64. The zero-order valence-corrected chi connectivity index (χ0v) is 8.71. The van der Waals surface area contributed by atoms with Gasteiger partial charge in [-0.25, -0.2) is 4.98 Å². The van der Waals surface area contributed by atoms with Crippen LogP contribution in [0.1, 0.15) is 5.82 Å². The van der Waals surface area contributed by atoms with Crippen LogP contribution in [0, 0.1) is 0 Å². The van der Waals surface area contributed by atoms with Crippen LogP contribution < -0.4 is 11.1 Å². The minimum atomic E-state index is 0.260. The molecule has 0 aliphatic rings. The molecule has 0 aliphatic carbocycles. The van der Waals surface area contributed by atoms with Crippen molar-refractivity contribution in [2.45, 2.75) is 0 Å². The van der Waals surface area contributed by atoms with Crippen LogP contribution in [0.2, 0.25) is 0 Å². The van der Waals surface area contributed by atoms with Crippen molar-refractivity contribution in [3.8, 4) is 0 Å². The highest BCUT2D eigenvalue weighted by molar-refractivity contribution is 7.80. The maximum absolute atomic E-state index is 5.43. The zero-order valence-electron chi connectivity index (χ0n) is 7.90. The average Bonchev–Trinajstić information content (AvgIpc) is 2.68. The quantitative estimate of drug-likeness (QED) is 0.687. The van der Waals surface area contributed by atoms with Crippen LogP contribution in [0.5, 0.6) is 0 Å². The minimum Gasteiger partial charge on any atom is -0.387 e. The molecule has 1 aromatic carbocycles. The van der Waals surface area contributed by atoms with E-state index in [1.54, 1.807) is 6.20 Å². The third-order valence-electron chi connectivity index (χ3n) is 1.86. The maximum Gasteiger partial charge on any atom is 0.166 e. The van der Waals surface area contributed by atoms with E-state index in [2.05, 4.69) is 15.3 Å². The molecule has 15 heavy (non-hydrogen) atoms. The lowest BCUT2D eigenvalue weighted by Gasteiger charge is -2.01. The number of para-hydroxylation sites is 1. The number of anilines is 2. The zero-order chi connectivity index (χ0) is 10.7. The predicted molar refractivity (Wildman–Crippen MR) is 64.2 cm³/mol. The molecule has 5 heteroatoms. The summed E-state index contributed by atoms with van der Waals surface area (Å²) >= 11 is 4.80.